The van der Waals surface area contributed by atoms with E-state index >= 15 is 0 Å². The molecule has 1 saturated heterocycles. The molecule has 20 heavy (non-hydrogen) atoms. The van der Waals surface area contributed by atoms with Gasteiger partial charge in [0, 0.05) is 44.4 Å². The number of unbranched alkanes of at least 4 members (excludes halogenated alkanes) is 1. The minimum atomic E-state index is 0.438. The highest BCUT2D eigenvalue weighted by molar-refractivity contribution is 4.98. The number of ether oxygens (including phenoxy) is 1. The van der Waals surface area contributed by atoms with Gasteiger partial charge in [0.2, 0.25) is 0 Å². The second-order valence-corrected chi connectivity index (χ2v) is 6.86. The molecule has 0 amide bonds. The Morgan fingerprint density at radius 2 is 1.90 bits per heavy atom. The van der Waals surface area contributed by atoms with Gasteiger partial charge in [-0.1, -0.05) is 32.6 Å². The zero-order valence-electron chi connectivity index (χ0n) is 13.6. The largest absolute Gasteiger partial charge is 0.381 e. The Hall–Kier alpha value is -0.120. The Kier molecular flexibility index (Phi) is 6.79. The summed E-state index contributed by atoms with van der Waals surface area (Å²) in [6.07, 6.45) is 10.6. The van der Waals surface area contributed by atoms with Crippen LogP contribution in [0.2, 0.25) is 0 Å². The van der Waals surface area contributed by atoms with E-state index in [0.717, 1.165) is 19.8 Å². The Balaban J connectivity index is 1.69. The molecule has 0 aromatic heterocycles. The molecule has 3 nitrogen and oxygen atoms in total. The van der Waals surface area contributed by atoms with Crippen LogP contribution in [0.25, 0.3) is 0 Å². The summed E-state index contributed by atoms with van der Waals surface area (Å²) in [6, 6.07) is 0.679. The highest BCUT2D eigenvalue weighted by atomic mass is 16.5. The molecule has 118 valence electrons. The second kappa shape index (κ2) is 8.35. The summed E-state index contributed by atoms with van der Waals surface area (Å²) >= 11 is 0. The summed E-state index contributed by atoms with van der Waals surface area (Å²) < 4.78 is 5.70. The minimum Gasteiger partial charge on any atom is -0.381 e. The molecule has 1 aliphatic carbocycles. The molecule has 0 bridgehead atoms. The van der Waals surface area contributed by atoms with E-state index in [1.807, 2.05) is 0 Å². The van der Waals surface area contributed by atoms with Crippen LogP contribution in [-0.2, 0) is 4.74 Å². The standard InChI is InChI=1S/C17H34N2O/c1-3-4-12-20-13-8-11-19-15-17(18-14-16(19)2)9-6-5-7-10-17/h16,18H,3-15H2,1-2H3. The number of piperazine rings is 1. The first-order valence-corrected chi connectivity index (χ1v) is 8.82. The molecular weight excluding hydrogens is 248 g/mol. The van der Waals surface area contributed by atoms with Crippen LogP contribution >= 0.6 is 0 Å². The third kappa shape index (κ3) is 4.71. The molecule has 1 spiro atoms. The van der Waals surface area contributed by atoms with Gasteiger partial charge in [-0.2, -0.15) is 0 Å². The molecule has 1 saturated carbocycles. The number of hydrogen-bond donors (Lipinski definition) is 1. The summed E-state index contributed by atoms with van der Waals surface area (Å²) in [5.41, 5.74) is 0.438. The van der Waals surface area contributed by atoms with Crippen molar-refractivity contribution >= 4 is 0 Å². The average Bonchev–Trinajstić information content (AvgIpc) is 2.47. The van der Waals surface area contributed by atoms with Gasteiger partial charge < -0.3 is 10.1 Å². The quantitative estimate of drug-likeness (QED) is 0.726. The summed E-state index contributed by atoms with van der Waals surface area (Å²) in [5.74, 6) is 0. The Bertz CT molecular complexity index is 264. The predicted molar refractivity (Wildman–Crippen MR) is 85.2 cm³/mol. The van der Waals surface area contributed by atoms with Crippen LogP contribution < -0.4 is 5.32 Å². The summed E-state index contributed by atoms with van der Waals surface area (Å²) in [4.78, 5) is 2.70. The molecule has 0 radical (unpaired) electrons. The number of rotatable bonds is 7. The molecule has 1 heterocycles. The molecule has 1 unspecified atom stereocenters. The molecule has 1 N–H and O–H groups in total. The molecule has 2 fully saturated rings. The summed E-state index contributed by atoms with van der Waals surface area (Å²) in [7, 11) is 0. The van der Waals surface area contributed by atoms with Gasteiger partial charge in [0.05, 0.1) is 0 Å². The second-order valence-electron chi connectivity index (χ2n) is 6.86. The van der Waals surface area contributed by atoms with Gasteiger partial charge in [-0.25, -0.2) is 0 Å². The van der Waals surface area contributed by atoms with E-state index < -0.39 is 0 Å². The van der Waals surface area contributed by atoms with Gasteiger partial charge in [-0.05, 0) is 32.6 Å². The van der Waals surface area contributed by atoms with Crippen molar-refractivity contribution < 1.29 is 4.74 Å². The lowest BCUT2D eigenvalue weighted by molar-refractivity contribution is 0.0509. The van der Waals surface area contributed by atoms with Crippen LogP contribution in [0.5, 0.6) is 0 Å². The van der Waals surface area contributed by atoms with Gasteiger partial charge in [-0.15, -0.1) is 0 Å². The first kappa shape index (κ1) is 16.3. The van der Waals surface area contributed by atoms with Gasteiger partial charge in [0.25, 0.3) is 0 Å². The highest BCUT2D eigenvalue weighted by Crippen LogP contribution is 2.31. The number of nitrogens with one attached hydrogen (secondary N) is 1. The maximum absolute atomic E-state index is 5.70. The van der Waals surface area contributed by atoms with Crippen molar-refractivity contribution in [2.75, 3.05) is 32.8 Å². The van der Waals surface area contributed by atoms with Crippen LogP contribution in [0.1, 0.15) is 65.2 Å². The van der Waals surface area contributed by atoms with E-state index in [1.165, 1.54) is 64.5 Å². The maximum Gasteiger partial charge on any atom is 0.0478 e. The molecule has 3 heteroatoms. The third-order valence-corrected chi connectivity index (χ3v) is 5.09. The SMILES string of the molecule is CCCCOCCCN1CC2(CCCCC2)NCC1C. The zero-order valence-corrected chi connectivity index (χ0v) is 13.6. The monoisotopic (exact) mass is 282 g/mol. The van der Waals surface area contributed by atoms with Crippen LogP contribution in [0.4, 0.5) is 0 Å². The zero-order chi connectivity index (χ0) is 14.3. The van der Waals surface area contributed by atoms with Gasteiger partial charge in [0.1, 0.15) is 0 Å². The fourth-order valence-electron chi connectivity index (χ4n) is 3.67. The normalized spacial score (nSPS) is 27.0. The number of nitrogens with zero attached hydrogens (tertiary/aromatic N) is 1. The Labute approximate surface area is 125 Å². The highest BCUT2D eigenvalue weighted by Gasteiger charge is 2.38. The van der Waals surface area contributed by atoms with Crippen LogP contribution in [0.3, 0.4) is 0 Å². The molecule has 0 aromatic carbocycles. The maximum atomic E-state index is 5.70. The molecule has 1 atom stereocenters. The fourth-order valence-corrected chi connectivity index (χ4v) is 3.67. The lowest BCUT2D eigenvalue weighted by Crippen LogP contribution is -2.64. The third-order valence-electron chi connectivity index (χ3n) is 5.09. The Morgan fingerprint density at radius 3 is 2.65 bits per heavy atom. The predicted octanol–water partition coefficient (Wildman–Crippen LogP) is 3.19. The minimum absolute atomic E-state index is 0.438. The van der Waals surface area contributed by atoms with E-state index in [9.17, 15) is 0 Å². The fraction of sp³-hybridized carbons (Fsp3) is 1.00. The van der Waals surface area contributed by atoms with Crippen molar-refractivity contribution in [2.24, 2.45) is 0 Å². The molecule has 2 aliphatic rings. The van der Waals surface area contributed by atoms with Crippen LogP contribution in [0, 0.1) is 0 Å². The van der Waals surface area contributed by atoms with Gasteiger partial charge >= 0.3 is 0 Å². The first-order chi connectivity index (χ1) is 9.76. The smallest absolute Gasteiger partial charge is 0.0478 e. The first-order valence-electron chi connectivity index (χ1n) is 8.82. The van der Waals surface area contributed by atoms with E-state index in [1.54, 1.807) is 0 Å². The average molecular weight is 282 g/mol. The van der Waals surface area contributed by atoms with E-state index in [4.69, 9.17) is 4.74 Å². The van der Waals surface area contributed by atoms with E-state index in [-0.39, 0.29) is 0 Å². The van der Waals surface area contributed by atoms with Crippen LogP contribution in [-0.4, -0.2) is 49.3 Å². The van der Waals surface area contributed by atoms with Crippen molar-refractivity contribution in [3.05, 3.63) is 0 Å². The molecule has 2 rings (SSSR count). The summed E-state index contributed by atoms with van der Waals surface area (Å²) in [5, 5.41) is 3.86. The van der Waals surface area contributed by atoms with Crippen molar-refractivity contribution in [3.63, 3.8) is 0 Å². The lowest BCUT2D eigenvalue weighted by Gasteiger charge is -2.49. The Morgan fingerprint density at radius 1 is 1.15 bits per heavy atom. The van der Waals surface area contributed by atoms with Crippen molar-refractivity contribution in [3.8, 4) is 0 Å². The molecule has 1 aliphatic heterocycles. The molecule has 0 aromatic rings. The van der Waals surface area contributed by atoms with Gasteiger partial charge in [0.15, 0.2) is 0 Å². The topological polar surface area (TPSA) is 24.5 Å². The van der Waals surface area contributed by atoms with E-state index in [0.29, 0.717) is 11.6 Å². The van der Waals surface area contributed by atoms with E-state index in [2.05, 4.69) is 24.1 Å². The van der Waals surface area contributed by atoms with Crippen molar-refractivity contribution in [1.82, 2.24) is 10.2 Å². The summed E-state index contributed by atoms with van der Waals surface area (Å²) in [6.45, 7) is 10.1. The molecular formula is C17H34N2O. The lowest BCUT2D eigenvalue weighted by atomic mass is 9.79. The van der Waals surface area contributed by atoms with Crippen molar-refractivity contribution in [1.29, 1.82) is 0 Å². The van der Waals surface area contributed by atoms with Crippen molar-refractivity contribution in [2.45, 2.75) is 76.8 Å². The van der Waals surface area contributed by atoms with Crippen LogP contribution in [0.15, 0.2) is 0 Å². The number of hydrogen-bond acceptors (Lipinski definition) is 3. The van der Waals surface area contributed by atoms with Gasteiger partial charge in [-0.3, -0.25) is 4.90 Å².